The van der Waals surface area contributed by atoms with Crippen molar-refractivity contribution in [3.63, 3.8) is 0 Å². The van der Waals surface area contributed by atoms with E-state index in [0.29, 0.717) is 0 Å². The van der Waals surface area contributed by atoms with Gasteiger partial charge >= 0.3 is 0 Å². The summed E-state index contributed by atoms with van der Waals surface area (Å²) in [7, 11) is 0. The van der Waals surface area contributed by atoms with Crippen molar-refractivity contribution in [2.24, 2.45) is 0 Å². The first kappa shape index (κ1) is 33.4. The van der Waals surface area contributed by atoms with Crippen LogP contribution in [0, 0.1) is 0 Å². The van der Waals surface area contributed by atoms with Crippen LogP contribution in [0.2, 0.25) is 0 Å². The maximum atomic E-state index is 5.47. The van der Waals surface area contributed by atoms with Gasteiger partial charge in [0.2, 0.25) is 0 Å². The van der Waals surface area contributed by atoms with Gasteiger partial charge in [-0.1, -0.05) is 164 Å². The summed E-state index contributed by atoms with van der Waals surface area (Å²) in [5, 5.41) is 13.7. The van der Waals surface area contributed by atoms with Gasteiger partial charge in [-0.3, -0.25) is 13.8 Å². The average Bonchev–Trinajstić information content (AvgIpc) is 3.81. The van der Waals surface area contributed by atoms with E-state index in [0.717, 1.165) is 110 Å². The van der Waals surface area contributed by atoms with E-state index in [2.05, 4.69) is 179 Å². The van der Waals surface area contributed by atoms with Gasteiger partial charge in [-0.25, -0.2) is 15.0 Å². The molecule has 0 aliphatic carbocycles. The van der Waals surface area contributed by atoms with Gasteiger partial charge in [-0.2, -0.15) is 0 Å². The molecule has 6 heteroatoms. The zero-order valence-corrected chi connectivity index (χ0v) is 33.2. The lowest BCUT2D eigenvalue weighted by Gasteiger charge is -2.18. The number of fused-ring (bicyclic) bond motifs is 13. The molecule has 62 heavy (non-hydrogen) atoms. The Morgan fingerprint density at radius 3 is 1.45 bits per heavy atom. The van der Waals surface area contributed by atoms with E-state index in [1.165, 1.54) is 21.5 Å². The summed E-state index contributed by atoms with van der Waals surface area (Å²) in [6.07, 6.45) is 5.54. The van der Waals surface area contributed by atoms with Crippen molar-refractivity contribution in [2.75, 3.05) is 0 Å². The van der Waals surface area contributed by atoms with Crippen LogP contribution in [0.15, 0.2) is 195 Å². The smallest absolute Gasteiger partial charge is 0.165 e. The zero-order valence-electron chi connectivity index (χ0n) is 33.2. The van der Waals surface area contributed by atoms with E-state index in [9.17, 15) is 0 Å². The molecule has 9 aromatic carbocycles. The predicted molar refractivity (Wildman–Crippen MR) is 255 cm³/mol. The number of para-hydroxylation sites is 2. The Morgan fingerprint density at radius 2 is 0.839 bits per heavy atom. The molecular formula is C56H32N6. The molecule has 0 unspecified atom stereocenters. The molecule has 0 saturated carbocycles. The Hall–Kier alpha value is -8.48. The molecule has 14 rings (SSSR count). The molecule has 0 aliphatic rings. The average molecular weight is 789 g/mol. The minimum atomic E-state index is 0.765. The molecule has 0 radical (unpaired) electrons. The summed E-state index contributed by atoms with van der Waals surface area (Å²) in [5.41, 5.74) is 11.3. The molecule has 0 bridgehead atoms. The quantitative estimate of drug-likeness (QED) is 0.167. The van der Waals surface area contributed by atoms with Gasteiger partial charge in [0.25, 0.3) is 0 Å². The monoisotopic (exact) mass is 788 g/mol. The summed E-state index contributed by atoms with van der Waals surface area (Å²) in [4.78, 5) is 21.2. The molecule has 5 aromatic heterocycles. The lowest BCUT2D eigenvalue weighted by atomic mass is 9.86. The molecule has 5 heterocycles. The summed E-state index contributed by atoms with van der Waals surface area (Å²) in [5.74, 6) is 0. The number of hydrogen-bond acceptors (Lipinski definition) is 4. The van der Waals surface area contributed by atoms with Crippen molar-refractivity contribution in [1.29, 1.82) is 0 Å². The molecule has 0 aliphatic heterocycles. The van der Waals surface area contributed by atoms with E-state index in [1.807, 2.05) is 18.5 Å². The number of hydrogen-bond donors (Lipinski definition) is 0. The molecule has 0 N–H and O–H groups in total. The molecule has 0 saturated heterocycles. The highest BCUT2D eigenvalue weighted by molar-refractivity contribution is 6.23. The Bertz CT molecular complexity index is 4160. The van der Waals surface area contributed by atoms with Crippen LogP contribution < -0.4 is 5.48 Å². The Labute approximate surface area is 353 Å². The van der Waals surface area contributed by atoms with Gasteiger partial charge in [0.1, 0.15) is 16.5 Å². The lowest BCUT2D eigenvalue weighted by molar-refractivity contribution is 0.999. The van der Waals surface area contributed by atoms with Gasteiger partial charge in [0.15, 0.2) is 11.3 Å². The first-order valence-corrected chi connectivity index (χ1v) is 21.0. The molecule has 0 amide bonds. The van der Waals surface area contributed by atoms with Crippen LogP contribution in [-0.2, 0) is 0 Å². The van der Waals surface area contributed by atoms with Gasteiger partial charge in [0, 0.05) is 45.1 Å². The van der Waals surface area contributed by atoms with Crippen LogP contribution in [0.3, 0.4) is 0 Å². The topological polar surface area (TPSA) is 60.4 Å². The lowest BCUT2D eigenvalue weighted by Crippen LogP contribution is -2.25. The minimum Gasteiger partial charge on any atom is -0.276 e. The van der Waals surface area contributed by atoms with E-state index < -0.39 is 0 Å². The molecule has 0 fully saturated rings. The normalized spacial score (nSPS) is 12.2. The fraction of sp³-hybridized carbons (Fsp3) is 0. The molecule has 6 nitrogen and oxygen atoms in total. The van der Waals surface area contributed by atoms with Crippen molar-refractivity contribution in [3.05, 3.63) is 211 Å². The van der Waals surface area contributed by atoms with Gasteiger partial charge < -0.3 is 0 Å². The van der Waals surface area contributed by atoms with Crippen molar-refractivity contribution in [1.82, 2.24) is 28.7 Å². The van der Waals surface area contributed by atoms with Crippen LogP contribution in [0.25, 0.3) is 115 Å². The number of benzene rings is 9. The Balaban J connectivity index is 1.37. The second-order valence-corrected chi connectivity index (χ2v) is 16.2. The maximum Gasteiger partial charge on any atom is 0.165 e. The highest BCUT2D eigenvalue weighted by Crippen LogP contribution is 2.41. The first-order valence-electron chi connectivity index (χ1n) is 21.0. The van der Waals surface area contributed by atoms with Crippen LogP contribution >= 0.6 is 0 Å². The summed E-state index contributed by atoms with van der Waals surface area (Å²) >= 11 is 0. The standard InChI is InChI=1S/C56H32N6/c1-2-14-33(15-3-1)48-32-59-55-51(60-48)45-27-13-25-43-42-24-12-26-44-50-54(58-29-28-57-50)61(52(42)44)56(62(55)53(43)45)49(46-30-34-16-4-6-18-36(34)38-20-8-10-22-40(38)46)47-31-35-17-5-7-19-37(35)39-21-9-11-23-41(39)47/h1-32H. The van der Waals surface area contributed by atoms with Gasteiger partial charge in [-0.15, -0.1) is 0 Å². The highest BCUT2D eigenvalue weighted by atomic mass is 15.1. The van der Waals surface area contributed by atoms with Gasteiger partial charge in [-0.05, 0) is 66.3 Å². The Kier molecular flexibility index (Phi) is 6.74. The van der Waals surface area contributed by atoms with Crippen LogP contribution in [0.1, 0.15) is 11.1 Å². The molecule has 286 valence electrons. The molecule has 0 atom stereocenters. The van der Waals surface area contributed by atoms with Crippen LogP contribution in [0.4, 0.5) is 0 Å². The van der Waals surface area contributed by atoms with Gasteiger partial charge in [0.05, 0.1) is 22.9 Å². The molecule has 14 aromatic rings. The summed E-state index contributed by atoms with van der Waals surface area (Å²) in [6, 6.07) is 63.5. The molecular weight excluding hydrogens is 757 g/mol. The minimum absolute atomic E-state index is 0.765. The number of aromatic nitrogens is 6. The van der Waals surface area contributed by atoms with Crippen molar-refractivity contribution >= 4 is 104 Å². The fourth-order valence-electron chi connectivity index (χ4n) is 10.4. The summed E-state index contributed by atoms with van der Waals surface area (Å²) < 4.78 is 4.76. The van der Waals surface area contributed by atoms with Crippen molar-refractivity contribution in [2.45, 2.75) is 0 Å². The van der Waals surface area contributed by atoms with Crippen LogP contribution in [0.5, 0.6) is 0 Å². The molecule has 0 spiro atoms. The predicted octanol–water partition coefficient (Wildman–Crippen LogP) is 12.6. The number of nitrogens with zero attached hydrogens (tertiary/aromatic N) is 6. The third kappa shape index (κ3) is 4.47. The summed E-state index contributed by atoms with van der Waals surface area (Å²) in [6.45, 7) is 0. The van der Waals surface area contributed by atoms with E-state index >= 15 is 0 Å². The Morgan fingerprint density at radius 1 is 0.371 bits per heavy atom. The first-order chi connectivity index (χ1) is 30.8. The largest absolute Gasteiger partial charge is 0.276 e. The second kappa shape index (κ2) is 12.5. The maximum absolute atomic E-state index is 5.47. The van der Waals surface area contributed by atoms with Crippen LogP contribution in [-0.4, -0.2) is 28.7 Å². The SMILES string of the molecule is c1ccc(-c2cnc3c(n2)c2cccc4c5cccc6c7nccnc7n(c(=C(c7cc8ccccc8c8ccccc78)c7cc8ccccc8c8ccccc78)n3c42)c56)cc1. The van der Waals surface area contributed by atoms with E-state index in [1.54, 1.807) is 6.20 Å². The van der Waals surface area contributed by atoms with Crippen molar-refractivity contribution < 1.29 is 0 Å². The van der Waals surface area contributed by atoms with Crippen molar-refractivity contribution in [3.8, 4) is 11.3 Å². The number of rotatable bonds is 3. The fourth-order valence-corrected chi connectivity index (χ4v) is 10.4. The third-order valence-electron chi connectivity index (χ3n) is 13.0. The van der Waals surface area contributed by atoms with E-state index in [4.69, 9.17) is 19.9 Å². The van der Waals surface area contributed by atoms with E-state index in [-0.39, 0.29) is 0 Å². The zero-order chi connectivity index (χ0) is 40.5. The second-order valence-electron chi connectivity index (χ2n) is 16.2. The highest BCUT2D eigenvalue weighted by Gasteiger charge is 2.26. The third-order valence-corrected chi connectivity index (χ3v) is 13.0.